The minimum Gasteiger partial charge on any atom is -0.246 e. The van der Waals surface area contributed by atoms with Crippen LogP contribution in [0.25, 0.3) is 5.69 Å². The van der Waals surface area contributed by atoms with Crippen molar-refractivity contribution in [2.45, 2.75) is 19.3 Å². The van der Waals surface area contributed by atoms with Gasteiger partial charge in [-0.05, 0) is 42.7 Å². The molecule has 0 aliphatic heterocycles. The van der Waals surface area contributed by atoms with Crippen molar-refractivity contribution < 1.29 is 4.39 Å². The van der Waals surface area contributed by atoms with Crippen LogP contribution in [0.1, 0.15) is 17.8 Å². The maximum atomic E-state index is 13.9. The van der Waals surface area contributed by atoms with Gasteiger partial charge in [0.2, 0.25) is 0 Å². The van der Waals surface area contributed by atoms with Crippen LogP contribution in [0, 0.1) is 5.82 Å². The van der Waals surface area contributed by atoms with E-state index in [-0.39, 0.29) is 5.69 Å². The first kappa shape index (κ1) is 15.7. The Morgan fingerprint density at radius 2 is 1.83 bits per heavy atom. The van der Waals surface area contributed by atoms with Crippen LogP contribution in [0.4, 0.5) is 4.39 Å². The van der Waals surface area contributed by atoms with Crippen LogP contribution in [0.5, 0.6) is 0 Å². The summed E-state index contributed by atoms with van der Waals surface area (Å²) in [7, 11) is 0. The third kappa shape index (κ3) is 3.59. The van der Waals surface area contributed by atoms with Crippen molar-refractivity contribution in [3.63, 3.8) is 0 Å². The van der Waals surface area contributed by atoms with Gasteiger partial charge in [-0.1, -0.05) is 40.2 Å². The number of aromatic nitrogens is 3. The molecule has 23 heavy (non-hydrogen) atoms. The van der Waals surface area contributed by atoms with Gasteiger partial charge in [0, 0.05) is 10.9 Å². The summed E-state index contributed by atoms with van der Waals surface area (Å²) in [4.78, 5) is 11.9. The molecule has 0 bridgehead atoms. The Bertz CT molecular complexity index is 855. The van der Waals surface area contributed by atoms with Crippen LogP contribution in [0.3, 0.4) is 0 Å². The van der Waals surface area contributed by atoms with Gasteiger partial charge in [0.05, 0.1) is 5.69 Å². The van der Waals surface area contributed by atoms with E-state index in [0.29, 0.717) is 12.2 Å². The molecule has 0 saturated carbocycles. The van der Waals surface area contributed by atoms with E-state index in [9.17, 15) is 9.18 Å². The lowest BCUT2D eigenvalue weighted by Gasteiger charge is -2.07. The van der Waals surface area contributed by atoms with Crippen LogP contribution < -0.4 is 5.69 Å². The molecule has 3 aromatic rings. The maximum Gasteiger partial charge on any atom is 0.348 e. The number of nitrogens with zero attached hydrogens (tertiary/aromatic N) is 2. The van der Waals surface area contributed by atoms with E-state index in [1.165, 1.54) is 16.2 Å². The summed E-state index contributed by atoms with van der Waals surface area (Å²) in [5.41, 5.74) is 1.02. The predicted molar refractivity (Wildman–Crippen MR) is 90.3 cm³/mol. The molecule has 0 aliphatic carbocycles. The lowest BCUT2D eigenvalue weighted by atomic mass is 10.1. The first-order chi connectivity index (χ1) is 11.1. The summed E-state index contributed by atoms with van der Waals surface area (Å²) in [5, 5.41) is 6.43. The van der Waals surface area contributed by atoms with Crippen molar-refractivity contribution in [1.29, 1.82) is 0 Å². The molecule has 0 aliphatic rings. The molecule has 0 saturated heterocycles. The second kappa shape index (κ2) is 6.91. The van der Waals surface area contributed by atoms with Crippen LogP contribution >= 0.6 is 15.9 Å². The fourth-order valence-electron chi connectivity index (χ4n) is 2.48. The molecule has 1 heterocycles. The number of halogens is 2. The summed E-state index contributed by atoms with van der Waals surface area (Å²) in [6, 6.07) is 14.3. The topological polar surface area (TPSA) is 50.7 Å². The van der Waals surface area contributed by atoms with E-state index in [0.717, 1.165) is 17.3 Å². The zero-order valence-electron chi connectivity index (χ0n) is 12.3. The molecule has 0 atom stereocenters. The molecule has 0 unspecified atom stereocenters. The van der Waals surface area contributed by atoms with Gasteiger partial charge in [-0.3, -0.25) is 0 Å². The molecule has 2 aromatic carbocycles. The van der Waals surface area contributed by atoms with E-state index in [1.54, 1.807) is 18.2 Å². The highest BCUT2D eigenvalue weighted by atomic mass is 79.9. The van der Waals surface area contributed by atoms with Crippen LogP contribution in [0.2, 0.25) is 0 Å². The van der Waals surface area contributed by atoms with Gasteiger partial charge in [-0.15, -0.1) is 0 Å². The molecule has 0 radical (unpaired) electrons. The average molecular weight is 376 g/mol. The highest BCUT2D eigenvalue weighted by molar-refractivity contribution is 9.10. The SMILES string of the molecule is O=c1[nH]nc(CCCc2ccc(Br)cc2)n1-c1ccccc1F. The number of benzene rings is 2. The smallest absolute Gasteiger partial charge is 0.246 e. The van der Waals surface area contributed by atoms with Gasteiger partial charge in [-0.25, -0.2) is 18.9 Å². The third-order valence-electron chi connectivity index (χ3n) is 3.61. The number of H-pyrrole nitrogens is 1. The Labute approximate surface area is 141 Å². The number of rotatable bonds is 5. The lowest BCUT2D eigenvalue weighted by molar-refractivity contribution is 0.611. The molecule has 1 aromatic heterocycles. The molecular weight excluding hydrogens is 361 g/mol. The Morgan fingerprint density at radius 3 is 2.57 bits per heavy atom. The minimum atomic E-state index is -0.440. The van der Waals surface area contributed by atoms with Crippen molar-refractivity contribution in [2.75, 3.05) is 0 Å². The molecule has 118 valence electrons. The Balaban J connectivity index is 1.76. The normalized spacial score (nSPS) is 10.9. The standard InChI is InChI=1S/C17H15BrFN3O/c18-13-10-8-12(9-11-13)4-3-7-16-20-21-17(23)22(16)15-6-2-1-5-14(15)19/h1-2,5-6,8-11H,3-4,7H2,(H,21,23). The Morgan fingerprint density at radius 1 is 1.09 bits per heavy atom. The highest BCUT2D eigenvalue weighted by Gasteiger charge is 2.13. The molecule has 3 rings (SSSR count). The largest absolute Gasteiger partial charge is 0.348 e. The van der Waals surface area contributed by atoms with Gasteiger partial charge in [0.1, 0.15) is 11.6 Å². The fourth-order valence-corrected chi connectivity index (χ4v) is 2.74. The fraction of sp³-hybridized carbons (Fsp3) is 0.176. The summed E-state index contributed by atoms with van der Waals surface area (Å²) >= 11 is 3.41. The number of nitrogens with one attached hydrogen (secondary N) is 1. The second-order valence-corrected chi connectivity index (χ2v) is 6.13. The zero-order valence-corrected chi connectivity index (χ0v) is 13.9. The van der Waals surface area contributed by atoms with Gasteiger partial charge in [0.25, 0.3) is 0 Å². The molecule has 0 fully saturated rings. The summed E-state index contributed by atoms with van der Waals surface area (Å²) in [6.45, 7) is 0. The van der Waals surface area contributed by atoms with Gasteiger partial charge >= 0.3 is 5.69 Å². The van der Waals surface area contributed by atoms with E-state index < -0.39 is 11.5 Å². The minimum absolute atomic E-state index is 0.227. The summed E-state index contributed by atoms with van der Waals surface area (Å²) < 4.78 is 16.3. The molecule has 0 amide bonds. The summed E-state index contributed by atoms with van der Waals surface area (Å²) in [5.74, 6) is 0.0994. The first-order valence-electron chi connectivity index (χ1n) is 7.31. The number of aryl methyl sites for hydroxylation is 2. The van der Waals surface area contributed by atoms with E-state index >= 15 is 0 Å². The monoisotopic (exact) mass is 375 g/mol. The van der Waals surface area contributed by atoms with Gasteiger partial charge in [-0.2, -0.15) is 5.10 Å². The molecule has 4 nitrogen and oxygen atoms in total. The molecule has 6 heteroatoms. The van der Waals surface area contributed by atoms with Crippen molar-refractivity contribution in [1.82, 2.24) is 14.8 Å². The number of hydrogen-bond donors (Lipinski definition) is 1. The van der Waals surface area contributed by atoms with Crippen LogP contribution in [-0.4, -0.2) is 14.8 Å². The lowest BCUT2D eigenvalue weighted by Crippen LogP contribution is -2.18. The average Bonchev–Trinajstić information content (AvgIpc) is 2.91. The van der Waals surface area contributed by atoms with Gasteiger partial charge < -0.3 is 0 Å². The Hall–Kier alpha value is -2.21. The third-order valence-corrected chi connectivity index (χ3v) is 4.14. The zero-order chi connectivity index (χ0) is 16.2. The number of para-hydroxylation sites is 1. The second-order valence-electron chi connectivity index (χ2n) is 5.21. The first-order valence-corrected chi connectivity index (χ1v) is 8.10. The highest BCUT2D eigenvalue weighted by Crippen LogP contribution is 2.15. The van der Waals surface area contributed by atoms with Gasteiger partial charge in [0.15, 0.2) is 0 Å². The quantitative estimate of drug-likeness (QED) is 0.739. The molecular formula is C17H15BrFN3O. The van der Waals surface area contributed by atoms with Crippen LogP contribution in [-0.2, 0) is 12.8 Å². The number of aromatic amines is 1. The van der Waals surface area contributed by atoms with E-state index in [2.05, 4.69) is 38.3 Å². The Kier molecular flexibility index (Phi) is 4.71. The van der Waals surface area contributed by atoms with Crippen molar-refractivity contribution >= 4 is 15.9 Å². The molecule has 0 spiro atoms. The van der Waals surface area contributed by atoms with Crippen molar-refractivity contribution in [2.24, 2.45) is 0 Å². The number of hydrogen-bond acceptors (Lipinski definition) is 2. The predicted octanol–water partition coefficient (Wildman–Crippen LogP) is 3.64. The van der Waals surface area contributed by atoms with E-state index in [1.807, 2.05) is 12.1 Å². The summed E-state index contributed by atoms with van der Waals surface area (Å²) in [6.07, 6.45) is 2.27. The van der Waals surface area contributed by atoms with E-state index in [4.69, 9.17) is 0 Å². The molecule has 1 N–H and O–H groups in total. The van der Waals surface area contributed by atoms with Crippen molar-refractivity contribution in [3.8, 4) is 5.69 Å². The van der Waals surface area contributed by atoms with Crippen LogP contribution in [0.15, 0.2) is 57.8 Å². The maximum absolute atomic E-state index is 13.9. The van der Waals surface area contributed by atoms with Crippen molar-refractivity contribution in [3.05, 3.63) is 80.7 Å².